The summed E-state index contributed by atoms with van der Waals surface area (Å²) < 4.78 is 27.8. The summed E-state index contributed by atoms with van der Waals surface area (Å²) in [5.41, 5.74) is -0.0109. The van der Waals surface area contributed by atoms with Crippen LogP contribution < -0.4 is 4.72 Å². The summed E-state index contributed by atoms with van der Waals surface area (Å²) >= 11 is 2.09. The summed E-state index contributed by atoms with van der Waals surface area (Å²) in [5.74, 6) is -1.41. The van der Waals surface area contributed by atoms with Crippen molar-refractivity contribution in [3.8, 4) is 0 Å². The number of hydrogen-bond donors (Lipinski definition) is 3. The fraction of sp³-hybridized carbons (Fsp3) is 0.0909. The number of nitrogens with one attached hydrogen (secondary N) is 2. The van der Waals surface area contributed by atoms with Gasteiger partial charge in [-0.25, -0.2) is 13.2 Å². The van der Waals surface area contributed by atoms with Gasteiger partial charge in [-0.05, 0) is 53.8 Å². The molecule has 2 aromatic rings. The largest absolute Gasteiger partial charge is 0.476 e. The quantitative estimate of drug-likeness (QED) is 0.670. The first-order valence-corrected chi connectivity index (χ1v) is 7.94. The fourth-order valence-electron chi connectivity index (χ4n) is 1.62. The third-order valence-corrected chi connectivity index (χ3v) is 4.72. The third-order valence-electron chi connectivity index (χ3n) is 2.46. The zero-order valence-electron chi connectivity index (χ0n) is 10.2. The van der Waals surface area contributed by atoms with Crippen molar-refractivity contribution in [3.63, 3.8) is 0 Å². The number of H-pyrrole nitrogens is 1. The minimum Gasteiger partial charge on any atom is -0.476 e. The molecule has 0 spiro atoms. The number of aromatic nitrogens is 2. The van der Waals surface area contributed by atoms with Gasteiger partial charge in [0, 0.05) is 9.26 Å². The maximum Gasteiger partial charge on any atom is 0.357 e. The molecule has 0 aliphatic carbocycles. The van der Waals surface area contributed by atoms with Crippen LogP contribution in [-0.4, -0.2) is 29.7 Å². The number of sulfonamides is 1. The van der Waals surface area contributed by atoms with Gasteiger partial charge >= 0.3 is 5.97 Å². The number of rotatable bonds is 4. The predicted molar refractivity (Wildman–Crippen MR) is 80.3 cm³/mol. The van der Waals surface area contributed by atoms with Crippen molar-refractivity contribution in [1.82, 2.24) is 10.2 Å². The number of nitrogens with zero attached hydrogens (tertiary/aromatic N) is 1. The van der Waals surface area contributed by atoms with Gasteiger partial charge in [-0.3, -0.25) is 9.82 Å². The van der Waals surface area contributed by atoms with Crippen molar-refractivity contribution >= 4 is 44.3 Å². The van der Waals surface area contributed by atoms with Gasteiger partial charge in [-0.15, -0.1) is 0 Å². The van der Waals surface area contributed by atoms with E-state index in [-0.39, 0.29) is 10.6 Å². The fourth-order valence-corrected chi connectivity index (χ4v) is 3.36. The van der Waals surface area contributed by atoms with E-state index in [2.05, 4.69) is 37.5 Å². The van der Waals surface area contributed by atoms with E-state index in [0.717, 1.165) is 3.57 Å². The summed E-state index contributed by atoms with van der Waals surface area (Å²) in [6.07, 6.45) is 0. The van der Waals surface area contributed by atoms with Crippen molar-refractivity contribution in [3.05, 3.63) is 39.2 Å². The monoisotopic (exact) mass is 407 g/mol. The van der Waals surface area contributed by atoms with Crippen molar-refractivity contribution in [2.75, 3.05) is 4.72 Å². The summed E-state index contributed by atoms with van der Waals surface area (Å²) in [6, 6.07) is 6.65. The van der Waals surface area contributed by atoms with Crippen LogP contribution in [0.4, 0.5) is 5.69 Å². The Morgan fingerprint density at radius 2 is 1.95 bits per heavy atom. The molecular weight excluding hydrogens is 397 g/mol. The van der Waals surface area contributed by atoms with Crippen molar-refractivity contribution in [1.29, 1.82) is 0 Å². The molecule has 1 aromatic carbocycles. The Labute approximate surface area is 128 Å². The number of carbonyl (C=O) groups is 1. The molecular formula is C11H10IN3O4S. The molecule has 20 heavy (non-hydrogen) atoms. The Balaban J connectivity index is 2.43. The molecule has 106 valence electrons. The molecule has 7 nitrogen and oxygen atoms in total. The van der Waals surface area contributed by atoms with Crippen LogP contribution >= 0.6 is 22.6 Å². The molecule has 0 amide bonds. The number of aryl methyl sites for hydroxylation is 1. The molecule has 0 radical (unpaired) electrons. The van der Waals surface area contributed by atoms with Crippen LogP contribution in [0.25, 0.3) is 0 Å². The lowest BCUT2D eigenvalue weighted by molar-refractivity contribution is 0.0686. The Morgan fingerprint density at radius 1 is 1.35 bits per heavy atom. The standard InChI is InChI=1S/C11H10IN3O4S/c1-6-10(9(11(16)17)14-13-6)20(18,19)15-8-4-2-7(12)3-5-8/h2-5,15H,1H3,(H,13,14)(H,16,17). The zero-order chi connectivity index (χ0) is 14.9. The Bertz CT molecular complexity index is 752. The molecule has 0 bridgehead atoms. The van der Waals surface area contributed by atoms with Gasteiger partial charge in [0.15, 0.2) is 5.69 Å². The summed E-state index contributed by atoms with van der Waals surface area (Å²) in [7, 11) is -4.02. The highest BCUT2D eigenvalue weighted by molar-refractivity contribution is 14.1. The number of benzene rings is 1. The third kappa shape index (κ3) is 2.93. The van der Waals surface area contributed by atoms with Crippen LogP contribution in [-0.2, 0) is 10.0 Å². The minimum atomic E-state index is -4.02. The Morgan fingerprint density at radius 3 is 2.50 bits per heavy atom. The smallest absolute Gasteiger partial charge is 0.357 e. The molecule has 1 aromatic heterocycles. The van der Waals surface area contributed by atoms with E-state index < -0.39 is 21.7 Å². The molecule has 0 unspecified atom stereocenters. The average Bonchev–Trinajstić information content (AvgIpc) is 2.75. The summed E-state index contributed by atoms with van der Waals surface area (Å²) in [5, 5.41) is 14.8. The number of aromatic carboxylic acids is 1. The molecule has 0 saturated carbocycles. The SMILES string of the molecule is Cc1[nH]nc(C(=O)O)c1S(=O)(=O)Nc1ccc(I)cc1. The Kier molecular flexibility index (Phi) is 3.99. The second-order valence-corrected chi connectivity index (χ2v) is 6.81. The van der Waals surface area contributed by atoms with Crippen LogP contribution in [0.2, 0.25) is 0 Å². The van der Waals surface area contributed by atoms with E-state index in [1.54, 1.807) is 24.3 Å². The predicted octanol–water partition coefficient (Wildman–Crippen LogP) is 1.82. The van der Waals surface area contributed by atoms with Crippen LogP contribution in [0, 0.1) is 10.5 Å². The lowest BCUT2D eigenvalue weighted by atomic mass is 10.3. The van der Waals surface area contributed by atoms with Crippen LogP contribution in [0.15, 0.2) is 29.2 Å². The normalized spacial score (nSPS) is 11.3. The number of hydrogen-bond acceptors (Lipinski definition) is 4. The molecule has 0 saturated heterocycles. The average molecular weight is 407 g/mol. The first-order chi connectivity index (χ1) is 9.31. The van der Waals surface area contributed by atoms with Crippen molar-refractivity contribution in [2.24, 2.45) is 0 Å². The number of aromatic amines is 1. The van der Waals surface area contributed by atoms with E-state index in [9.17, 15) is 13.2 Å². The highest BCUT2D eigenvalue weighted by Crippen LogP contribution is 2.21. The van der Waals surface area contributed by atoms with E-state index in [4.69, 9.17) is 5.11 Å². The topological polar surface area (TPSA) is 112 Å². The minimum absolute atomic E-state index is 0.167. The number of anilines is 1. The van der Waals surface area contributed by atoms with Crippen LogP contribution in [0.1, 0.15) is 16.2 Å². The van der Waals surface area contributed by atoms with E-state index >= 15 is 0 Å². The van der Waals surface area contributed by atoms with Crippen molar-refractivity contribution in [2.45, 2.75) is 11.8 Å². The second kappa shape index (κ2) is 5.40. The van der Waals surface area contributed by atoms with Gasteiger partial charge in [0.05, 0.1) is 5.69 Å². The molecule has 0 aliphatic heterocycles. The molecule has 2 rings (SSSR count). The van der Waals surface area contributed by atoms with Gasteiger partial charge in [0.25, 0.3) is 10.0 Å². The van der Waals surface area contributed by atoms with Gasteiger partial charge in [-0.2, -0.15) is 5.10 Å². The first-order valence-electron chi connectivity index (χ1n) is 5.38. The number of carboxylic acid groups (broad SMARTS) is 1. The molecule has 9 heteroatoms. The van der Waals surface area contributed by atoms with E-state index in [1.807, 2.05) is 0 Å². The molecule has 3 N–H and O–H groups in total. The van der Waals surface area contributed by atoms with Gasteiger partial charge in [-0.1, -0.05) is 0 Å². The lowest BCUT2D eigenvalue weighted by Crippen LogP contribution is -2.17. The van der Waals surface area contributed by atoms with Gasteiger partial charge < -0.3 is 5.11 Å². The van der Waals surface area contributed by atoms with E-state index in [0.29, 0.717) is 5.69 Å². The first kappa shape index (κ1) is 14.8. The highest BCUT2D eigenvalue weighted by Gasteiger charge is 2.28. The maximum absolute atomic E-state index is 12.3. The highest BCUT2D eigenvalue weighted by atomic mass is 127. The molecule has 0 aliphatic rings. The lowest BCUT2D eigenvalue weighted by Gasteiger charge is -2.08. The number of halogens is 1. The summed E-state index contributed by atoms with van der Waals surface area (Å²) in [4.78, 5) is 10.6. The molecule has 0 fully saturated rings. The van der Waals surface area contributed by atoms with Crippen LogP contribution in [0.5, 0.6) is 0 Å². The number of carboxylic acids is 1. The van der Waals surface area contributed by atoms with Gasteiger partial charge in [0.1, 0.15) is 4.90 Å². The zero-order valence-corrected chi connectivity index (χ0v) is 13.2. The maximum atomic E-state index is 12.3. The van der Waals surface area contributed by atoms with Gasteiger partial charge in [0.2, 0.25) is 0 Å². The second-order valence-electron chi connectivity index (χ2n) is 3.94. The molecule has 0 atom stereocenters. The summed E-state index contributed by atoms with van der Waals surface area (Å²) in [6.45, 7) is 1.45. The Hall–Kier alpha value is -1.62. The van der Waals surface area contributed by atoms with Crippen LogP contribution in [0.3, 0.4) is 0 Å². The molecule has 1 heterocycles. The van der Waals surface area contributed by atoms with E-state index in [1.165, 1.54) is 6.92 Å². The van der Waals surface area contributed by atoms with Crippen molar-refractivity contribution < 1.29 is 18.3 Å².